The predicted molar refractivity (Wildman–Crippen MR) is 144 cm³/mol. The first-order valence-corrected chi connectivity index (χ1v) is 17.3. The molecule has 2 aromatic carbocycles. The Morgan fingerprint density at radius 2 is 1.89 bits per heavy atom. The highest BCUT2D eigenvalue weighted by atomic mass is 32.2. The minimum Gasteiger partial charge on any atom is -0.487 e. The molecule has 0 unspecified atom stereocenters. The van der Waals surface area contributed by atoms with Crippen LogP contribution in [-0.4, -0.2) is 44.8 Å². The Morgan fingerprint density at radius 1 is 1.11 bits per heavy atom. The van der Waals surface area contributed by atoms with Crippen LogP contribution in [0.4, 0.5) is 5.69 Å². The van der Waals surface area contributed by atoms with Gasteiger partial charge < -0.3 is 4.74 Å². The Morgan fingerprint density at radius 3 is 2.57 bits per heavy atom. The number of nitrogens with zero attached hydrogens (tertiary/aromatic N) is 3. The number of benzene rings is 2. The monoisotopic (exact) mass is 527 g/mol. The van der Waals surface area contributed by atoms with E-state index in [0.717, 1.165) is 24.6 Å². The zero-order chi connectivity index (χ0) is 25.1. The summed E-state index contributed by atoms with van der Waals surface area (Å²) in [5.41, 5.74) is 3.94. The topological polar surface area (TPSA) is 79.8 Å². The van der Waals surface area contributed by atoms with Crippen LogP contribution in [0.3, 0.4) is 0 Å². The van der Waals surface area contributed by atoms with Crippen LogP contribution in [0.2, 0.25) is 25.7 Å². The van der Waals surface area contributed by atoms with Gasteiger partial charge in [-0.25, -0.2) is 8.61 Å². The van der Waals surface area contributed by atoms with E-state index in [9.17, 15) is 13.2 Å². The van der Waals surface area contributed by atoms with Crippen LogP contribution in [0.1, 0.15) is 16.0 Å². The van der Waals surface area contributed by atoms with Gasteiger partial charge in [0.05, 0.1) is 11.2 Å². The molecule has 0 bridgehead atoms. The summed E-state index contributed by atoms with van der Waals surface area (Å²) in [6.07, 6.45) is 5.65. The number of rotatable bonds is 9. The SMILES string of the molecule is C[Si](C)(C)CCN1C(=O)CN(c2ccc(/C=C/c3cncs3)cc2OCc2ccccc2)S1(=O)=O. The Bertz CT molecular complexity index is 1300. The maximum Gasteiger partial charge on any atom is 0.329 e. The zero-order valence-electron chi connectivity index (χ0n) is 20.0. The standard InChI is InChI=1S/C25H29N3O4S2Si/c1-35(2,3)14-13-27-25(29)17-28(34(27,30)31)23-12-10-20(9-11-22-16-26-19-33-22)15-24(23)32-18-21-7-5-4-6-8-21/h4-12,15-16,19H,13-14,17-18H2,1-3H3/b11-9+. The van der Waals surface area contributed by atoms with Gasteiger partial charge in [-0.15, -0.1) is 11.3 Å². The molecule has 0 radical (unpaired) electrons. The van der Waals surface area contributed by atoms with Crippen LogP contribution in [0.15, 0.2) is 60.2 Å². The molecule has 1 amide bonds. The lowest BCUT2D eigenvalue weighted by Crippen LogP contribution is -2.37. The molecule has 35 heavy (non-hydrogen) atoms. The van der Waals surface area contributed by atoms with Gasteiger partial charge in [-0.3, -0.25) is 9.78 Å². The number of hydrogen-bond acceptors (Lipinski definition) is 6. The lowest BCUT2D eigenvalue weighted by Gasteiger charge is -2.24. The fourth-order valence-electron chi connectivity index (χ4n) is 3.60. The molecule has 1 saturated heterocycles. The number of carbonyl (C=O) groups excluding carboxylic acids is 1. The van der Waals surface area contributed by atoms with E-state index in [4.69, 9.17) is 4.74 Å². The van der Waals surface area contributed by atoms with Crippen molar-refractivity contribution >= 4 is 53.4 Å². The molecule has 0 N–H and O–H groups in total. The molecule has 1 fully saturated rings. The van der Waals surface area contributed by atoms with E-state index < -0.39 is 24.2 Å². The Balaban J connectivity index is 1.65. The van der Waals surface area contributed by atoms with Gasteiger partial charge in [0, 0.05) is 25.7 Å². The van der Waals surface area contributed by atoms with E-state index >= 15 is 0 Å². The van der Waals surface area contributed by atoms with Crippen molar-refractivity contribution < 1.29 is 17.9 Å². The van der Waals surface area contributed by atoms with Crippen molar-refractivity contribution in [2.24, 2.45) is 0 Å². The molecule has 1 aliphatic rings. The van der Waals surface area contributed by atoms with Crippen LogP contribution < -0.4 is 9.04 Å². The first-order valence-electron chi connectivity index (χ1n) is 11.3. The summed E-state index contributed by atoms with van der Waals surface area (Å²) in [4.78, 5) is 17.8. The van der Waals surface area contributed by atoms with Gasteiger partial charge in [0.25, 0.3) is 5.91 Å². The van der Waals surface area contributed by atoms with Crippen LogP contribution in [0, 0.1) is 0 Å². The maximum absolute atomic E-state index is 13.4. The fraction of sp³-hybridized carbons (Fsp3) is 0.280. The molecule has 184 valence electrons. The van der Waals surface area contributed by atoms with Gasteiger partial charge in [-0.2, -0.15) is 8.42 Å². The molecule has 4 rings (SSSR count). The number of ether oxygens (including phenoxy) is 1. The Hall–Kier alpha value is -2.95. The fourth-order valence-corrected chi connectivity index (χ4v) is 6.71. The third kappa shape index (κ3) is 6.19. The maximum atomic E-state index is 13.4. The summed E-state index contributed by atoms with van der Waals surface area (Å²) < 4.78 is 35.1. The summed E-state index contributed by atoms with van der Waals surface area (Å²) in [5, 5.41) is 0. The summed E-state index contributed by atoms with van der Waals surface area (Å²) in [7, 11) is -5.52. The average Bonchev–Trinajstić information content (AvgIpc) is 3.41. The number of aromatic nitrogens is 1. The third-order valence-electron chi connectivity index (χ3n) is 5.56. The molecule has 0 aliphatic carbocycles. The molecule has 1 aromatic heterocycles. The van der Waals surface area contributed by atoms with Crippen molar-refractivity contribution in [3.63, 3.8) is 0 Å². The highest BCUT2D eigenvalue weighted by Crippen LogP contribution is 2.36. The van der Waals surface area contributed by atoms with Gasteiger partial charge in [-0.1, -0.05) is 62.1 Å². The molecule has 0 saturated carbocycles. The van der Waals surface area contributed by atoms with Crippen molar-refractivity contribution in [1.29, 1.82) is 0 Å². The number of carbonyl (C=O) groups is 1. The summed E-state index contributed by atoms with van der Waals surface area (Å²) >= 11 is 1.53. The van der Waals surface area contributed by atoms with Crippen molar-refractivity contribution in [2.45, 2.75) is 32.3 Å². The Labute approximate surface area is 211 Å². The second-order valence-electron chi connectivity index (χ2n) is 9.53. The largest absolute Gasteiger partial charge is 0.487 e. The van der Waals surface area contributed by atoms with Crippen LogP contribution in [0.5, 0.6) is 5.75 Å². The van der Waals surface area contributed by atoms with Crippen molar-refractivity contribution in [3.8, 4) is 5.75 Å². The van der Waals surface area contributed by atoms with E-state index in [1.54, 1.807) is 23.8 Å². The van der Waals surface area contributed by atoms with E-state index in [-0.39, 0.29) is 19.7 Å². The van der Waals surface area contributed by atoms with Crippen molar-refractivity contribution in [2.75, 3.05) is 17.4 Å². The molecule has 1 aliphatic heterocycles. The van der Waals surface area contributed by atoms with Gasteiger partial charge in [0.15, 0.2) is 0 Å². The zero-order valence-corrected chi connectivity index (χ0v) is 22.7. The van der Waals surface area contributed by atoms with E-state index in [2.05, 4.69) is 24.6 Å². The molecule has 7 nitrogen and oxygen atoms in total. The summed E-state index contributed by atoms with van der Waals surface area (Å²) in [5.74, 6) is -0.00449. The van der Waals surface area contributed by atoms with E-state index in [1.165, 1.54) is 11.3 Å². The number of amides is 1. The number of hydrogen-bond donors (Lipinski definition) is 0. The first kappa shape index (κ1) is 25.1. The van der Waals surface area contributed by atoms with Gasteiger partial charge in [0.2, 0.25) is 0 Å². The van der Waals surface area contributed by atoms with E-state index in [1.807, 2.05) is 48.6 Å². The van der Waals surface area contributed by atoms with Crippen molar-refractivity contribution in [3.05, 3.63) is 76.2 Å². The normalized spacial score (nSPS) is 15.8. The summed E-state index contributed by atoms with van der Waals surface area (Å²) in [6.45, 7) is 6.73. The second kappa shape index (κ2) is 10.3. The average molecular weight is 528 g/mol. The first-order chi connectivity index (χ1) is 16.6. The van der Waals surface area contributed by atoms with Gasteiger partial charge >= 0.3 is 10.2 Å². The Kier molecular flexibility index (Phi) is 7.44. The molecular weight excluding hydrogens is 499 g/mol. The minimum absolute atomic E-state index is 0.212. The molecule has 0 atom stereocenters. The lowest BCUT2D eigenvalue weighted by atomic mass is 10.1. The van der Waals surface area contributed by atoms with Crippen LogP contribution >= 0.6 is 11.3 Å². The van der Waals surface area contributed by atoms with Gasteiger partial charge in [-0.05, 0) is 35.4 Å². The number of thiazole rings is 1. The molecule has 2 heterocycles. The highest BCUT2D eigenvalue weighted by Gasteiger charge is 2.43. The van der Waals surface area contributed by atoms with Gasteiger partial charge in [0.1, 0.15) is 18.9 Å². The van der Waals surface area contributed by atoms with Crippen LogP contribution in [0.25, 0.3) is 12.2 Å². The molecule has 10 heteroatoms. The number of anilines is 1. The molecule has 0 spiro atoms. The summed E-state index contributed by atoms with van der Waals surface area (Å²) in [6, 6.07) is 15.7. The third-order valence-corrected chi connectivity index (χ3v) is 9.85. The predicted octanol–water partition coefficient (Wildman–Crippen LogP) is 5.12. The van der Waals surface area contributed by atoms with Crippen molar-refractivity contribution in [1.82, 2.24) is 9.29 Å². The minimum atomic E-state index is -3.98. The smallest absolute Gasteiger partial charge is 0.329 e. The van der Waals surface area contributed by atoms with Crippen LogP contribution in [-0.2, 0) is 21.6 Å². The quantitative estimate of drug-likeness (QED) is 0.361. The lowest BCUT2D eigenvalue weighted by molar-refractivity contribution is -0.123. The highest BCUT2D eigenvalue weighted by molar-refractivity contribution is 7.91. The second-order valence-corrected chi connectivity index (χ2v) is 17.8. The van der Waals surface area contributed by atoms with E-state index in [0.29, 0.717) is 17.5 Å². The molecular formula is C25H29N3O4S2Si. The molecule has 3 aromatic rings.